The van der Waals surface area contributed by atoms with Crippen molar-refractivity contribution in [2.45, 2.75) is 11.8 Å². The molecule has 0 fully saturated rings. The summed E-state index contributed by atoms with van der Waals surface area (Å²) >= 11 is 0. The second kappa shape index (κ2) is 4.09. The second-order valence-electron chi connectivity index (χ2n) is 3.97. The SMILES string of the molecule is Cc1cc(F)c(-c2cnoc2N)cc1S(C)(=O)=O. The molecule has 0 aliphatic carbocycles. The molecule has 1 heterocycles. The number of anilines is 1. The monoisotopic (exact) mass is 270 g/mol. The molecule has 18 heavy (non-hydrogen) atoms. The van der Waals surface area contributed by atoms with Gasteiger partial charge < -0.3 is 10.3 Å². The summed E-state index contributed by atoms with van der Waals surface area (Å²) in [5.74, 6) is -0.632. The summed E-state index contributed by atoms with van der Waals surface area (Å²) < 4.78 is 41.6. The number of sulfone groups is 1. The van der Waals surface area contributed by atoms with E-state index < -0.39 is 15.7 Å². The number of aryl methyl sites for hydroxylation is 1. The molecule has 1 aromatic heterocycles. The lowest BCUT2D eigenvalue weighted by Gasteiger charge is -2.07. The Balaban J connectivity index is 2.74. The molecule has 0 radical (unpaired) electrons. The molecular formula is C11H11FN2O3S. The number of hydrogen-bond acceptors (Lipinski definition) is 5. The van der Waals surface area contributed by atoms with E-state index in [0.717, 1.165) is 12.3 Å². The molecule has 0 bridgehead atoms. The van der Waals surface area contributed by atoms with Crippen LogP contribution in [0.4, 0.5) is 10.3 Å². The molecule has 7 heteroatoms. The molecule has 0 atom stereocenters. The topological polar surface area (TPSA) is 86.2 Å². The highest BCUT2D eigenvalue weighted by Gasteiger charge is 2.18. The number of hydrogen-bond donors (Lipinski definition) is 1. The van der Waals surface area contributed by atoms with Crippen LogP contribution in [0.15, 0.2) is 27.7 Å². The molecule has 0 aliphatic heterocycles. The number of nitrogen functional groups attached to an aromatic ring is 1. The molecule has 0 saturated heterocycles. The molecule has 5 nitrogen and oxygen atoms in total. The van der Waals surface area contributed by atoms with E-state index in [-0.39, 0.29) is 21.9 Å². The summed E-state index contributed by atoms with van der Waals surface area (Å²) in [6.07, 6.45) is 2.31. The van der Waals surface area contributed by atoms with Crippen LogP contribution in [-0.2, 0) is 9.84 Å². The van der Waals surface area contributed by atoms with E-state index in [0.29, 0.717) is 5.56 Å². The Morgan fingerprint density at radius 2 is 2.00 bits per heavy atom. The van der Waals surface area contributed by atoms with E-state index in [1.807, 2.05) is 0 Å². The quantitative estimate of drug-likeness (QED) is 0.840. The Bertz CT molecular complexity index is 707. The molecule has 0 saturated carbocycles. The molecule has 0 unspecified atom stereocenters. The lowest BCUT2D eigenvalue weighted by Crippen LogP contribution is -2.02. The van der Waals surface area contributed by atoms with E-state index in [9.17, 15) is 12.8 Å². The summed E-state index contributed by atoms with van der Waals surface area (Å²) in [6.45, 7) is 1.53. The first kappa shape index (κ1) is 12.6. The molecule has 1 aromatic carbocycles. The van der Waals surface area contributed by atoms with E-state index >= 15 is 0 Å². The van der Waals surface area contributed by atoms with Crippen LogP contribution in [0.25, 0.3) is 11.1 Å². The van der Waals surface area contributed by atoms with Gasteiger partial charge >= 0.3 is 0 Å². The Hall–Kier alpha value is -1.89. The van der Waals surface area contributed by atoms with Crippen molar-refractivity contribution in [1.29, 1.82) is 0 Å². The summed E-state index contributed by atoms with van der Waals surface area (Å²) in [5.41, 5.74) is 6.12. The minimum absolute atomic E-state index is 0.0551. The van der Waals surface area contributed by atoms with Gasteiger partial charge in [-0.05, 0) is 24.6 Å². The maximum absolute atomic E-state index is 13.8. The van der Waals surface area contributed by atoms with Crippen LogP contribution in [0.2, 0.25) is 0 Å². The van der Waals surface area contributed by atoms with Gasteiger partial charge in [0.15, 0.2) is 9.84 Å². The molecule has 2 rings (SSSR count). The Labute approximate surface area is 103 Å². The van der Waals surface area contributed by atoms with Crippen molar-refractivity contribution in [3.05, 3.63) is 29.7 Å². The van der Waals surface area contributed by atoms with E-state index in [4.69, 9.17) is 5.73 Å². The number of benzene rings is 1. The first-order chi connectivity index (χ1) is 8.30. The van der Waals surface area contributed by atoms with Gasteiger partial charge in [-0.15, -0.1) is 0 Å². The van der Waals surface area contributed by atoms with Crippen LogP contribution in [0.5, 0.6) is 0 Å². The highest BCUT2D eigenvalue weighted by Crippen LogP contribution is 2.31. The number of halogens is 1. The fourth-order valence-electron chi connectivity index (χ4n) is 1.71. The summed E-state index contributed by atoms with van der Waals surface area (Å²) in [7, 11) is -3.44. The molecule has 2 N–H and O–H groups in total. The van der Waals surface area contributed by atoms with Crippen molar-refractivity contribution < 1.29 is 17.3 Å². The number of aromatic nitrogens is 1. The predicted octanol–water partition coefficient (Wildman–Crippen LogP) is 1.77. The third-order valence-corrected chi connectivity index (χ3v) is 3.79. The molecule has 0 spiro atoms. The van der Waals surface area contributed by atoms with Crippen molar-refractivity contribution in [3.63, 3.8) is 0 Å². The van der Waals surface area contributed by atoms with Crippen LogP contribution >= 0.6 is 0 Å². The van der Waals surface area contributed by atoms with Gasteiger partial charge in [0.1, 0.15) is 5.82 Å². The van der Waals surface area contributed by atoms with Gasteiger partial charge in [-0.25, -0.2) is 12.8 Å². The lowest BCUT2D eigenvalue weighted by atomic mass is 10.1. The smallest absolute Gasteiger partial charge is 0.230 e. The zero-order chi connectivity index (χ0) is 13.5. The Morgan fingerprint density at radius 3 is 2.50 bits per heavy atom. The minimum atomic E-state index is -3.44. The summed E-state index contributed by atoms with van der Waals surface area (Å²) in [4.78, 5) is 0.0551. The maximum atomic E-state index is 13.8. The van der Waals surface area contributed by atoms with Crippen LogP contribution < -0.4 is 5.73 Å². The van der Waals surface area contributed by atoms with Crippen molar-refractivity contribution in [2.24, 2.45) is 0 Å². The fraction of sp³-hybridized carbons (Fsp3) is 0.182. The fourth-order valence-corrected chi connectivity index (χ4v) is 2.69. The number of nitrogens with zero attached hydrogens (tertiary/aromatic N) is 1. The number of nitrogens with two attached hydrogens (primary N) is 1. The van der Waals surface area contributed by atoms with Gasteiger partial charge in [-0.3, -0.25) is 0 Å². The molecule has 0 aliphatic rings. The largest absolute Gasteiger partial charge is 0.367 e. The van der Waals surface area contributed by atoms with Crippen LogP contribution in [0.1, 0.15) is 5.56 Å². The van der Waals surface area contributed by atoms with E-state index in [2.05, 4.69) is 9.68 Å². The third kappa shape index (κ3) is 2.08. The average molecular weight is 270 g/mol. The first-order valence-electron chi connectivity index (χ1n) is 5.01. The number of rotatable bonds is 2. The second-order valence-corrected chi connectivity index (χ2v) is 5.96. The van der Waals surface area contributed by atoms with Gasteiger partial charge in [0.05, 0.1) is 16.7 Å². The van der Waals surface area contributed by atoms with Crippen LogP contribution in [0.3, 0.4) is 0 Å². The van der Waals surface area contributed by atoms with Crippen molar-refractivity contribution >= 4 is 15.7 Å². The maximum Gasteiger partial charge on any atom is 0.230 e. The summed E-state index contributed by atoms with van der Waals surface area (Å²) in [6, 6.07) is 2.39. The van der Waals surface area contributed by atoms with Crippen LogP contribution in [0, 0.1) is 12.7 Å². The van der Waals surface area contributed by atoms with Gasteiger partial charge in [0.25, 0.3) is 0 Å². The van der Waals surface area contributed by atoms with Gasteiger partial charge in [0, 0.05) is 11.8 Å². The lowest BCUT2D eigenvalue weighted by molar-refractivity contribution is 0.436. The zero-order valence-electron chi connectivity index (χ0n) is 9.77. The average Bonchev–Trinajstić information content (AvgIpc) is 2.62. The van der Waals surface area contributed by atoms with Crippen LogP contribution in [-0.4, -0.2) is 19.8 Å². The Kier molecular flexibility index (Phi) is 2.86. The van der Waals surface area contributed by atoms with Gasteiger partial charge in [-0.2, -0.15) is 0 Å². The first-order valence-corrected chi connectivity index (χ1v) is 6.90. The molecule has 2 aromatic rings. The normalized spacial score (nSPS) is 11.7. The van der Waals surface area contributed by atoms with Gasteiger partial charge in [0.2, 0.25) is 5.88 Å². The van der Waals surface area contributed by atoms with Crippen molar-refractivity contribution in [1.82, 2.24) is 5.16 Å². The van der Waals surface area contributed by atoms with Crippen molar-refractivity contribution in [3.8, 4) is 11.1 Å². The molecular weight excluding hydrogens is 259 g/mol. The Morgan fingerprint density at radius 1 is 1.33 bits per heavy atom. The standard InChI is InChI=1S/C11H11FN2O3S/c1-6-3-9(12)7(4-10(6)18(2,15)16)8-5-14-17-11(8)13/h3-5H,13H2,1-2H3. The highest BCUT2D eigenvalue weighted by molar-refractivity contribution is 7.90. The van der Waals surface area contributed by atoms with Crippen molar-refractivity contribution in [2.75, 3.05) is 12.0 Å². The van der Waals surface area contributed by atoms with E-state index in [1.54, 1.807) is 0 Å². The summed E-state index contributed by atoms with van der Waals surface area (Å²) in [5, 5.41) is 3.44. The third-order valence-electron chi connectivity index (χ3n) is 2.55. The zero-order valence-corrected chi connectivity index (χ0v) is 10.6. The molecule has 0 amide bonds. The predicted molar refractivity (Wildman–Crippen MR) is 64.2 cm³/mol. The molecule has 96 valence electrons. The van der Waals surface area contributed by atoms with E-state index in [1.165, 1.54) is 19.2 Å². The highest BCUT2D eigenvalue weighted by atomic mass is 32.2. The minimum Gasteiger partial charge on any atom is -0.367 e. The van der Waals surface area contributed by atoms with Gasteiger partial charge in [-0.1, -0.05) is 5.16 Å².